The molecule has 0 fully saturated rings. The maximum Gasteiger partial charge on any atom is 0.0920 e. The van der Waals surface area contributed by atoms with E-state index in [2.05, 4.69) is 230 Å². The van der Waals surface area contributed by atoms with Crippen LogP contribution in [-0.2, 0) is 33.7 Å². The summed E-state index contributed by atoms with van der Waals surface area (Å²) in [5.74, 6) is 0. The molecular weight excluding hydrogens is 935 g/mol. The molecule has 1 aliphatic heterocycles. The van der Waals surface area contributed by atoms with Crippen molar-refractivity contribution in [1.29, 1.82) is 0 Å². The minimum atomic E-state index is -0.826. The number of fused-ring (bicyclic) bond motifs is 5. The van der Waals surface area contributed by atoms with Crippen molar-refractivity contribution in [2.24, 2.45) is 0 Å². The molecule has 0 spiro atoms. The van der Waals surface area contributed by atoms with Gasteiger partial charge in [0.1, 0.15) is 0 Å². The Labute approximate surface area is 413 Å². The van der Waals surface area contributed by atoms with Crippen LogP contribution in [0.15, 0.2) is 188 Å². The van der Waals surface area contributed by atoms with Crippen LogP contribution in [-0.4, -0.2) is 9.52 Å². The minimum absolute atomic E-state index is 0.795. The second-order valence-corrected chi connectivity index (χ2v) is 22.1. The summed E-state index contributed by atoms with van der Waals surface area (Å²) in [7, 11) is 10.7. The summed E-state index contributed by atoms with van der Waals surface area (Å²) in [6, 6.07) is 71.7. The third kappa shape index (κ3) is 10.8. The van der Waals surface area contributed by atoms with Crippen molar-refractivity contribution in [3.8, 4) is 55.6 Å². The van der Waals surface area contributed by atoms with Crippen LogP contribution >= 0.6 is 17.0 Å². The van der Waals surface area contributed by atoms with Crippen LogP contribution < -0.4 is 10.4 Å². The number of benzene rings is 8. The van der Waals surface area contributed by atoms with Crippen LogP contribution in [0.4, 0.5) is 0 Å². The van der Waals surface area contributed by atoms with E-state index >= 15 is 0 Å². The minimum Gasteiger partial charge on any atom is -0.184 e. The molecule has 0 saturated heterocycles. The van der Waals surface area contributed by atoms with Gasteiger partial charge in [-0.2, -0.15) is 29.5 Å². The first kappa shape index (κ1) is 47.2. The van der Waals surface area contributed by atoms with Gasteiger partial charge in [-0.05, 0) is 62.8 Å². The zero-order chi connectivity index (χ0) is 46.2. The third-order valence-electron chi connectivity index (χ3n) is 12.3. The summed E-state index contributed by atoms with van der Waals surface area (Å²) in [5.41, 5.74) is 21.5. The molecule has 1 aliphatic rings. The maximum atomic E-state index is 4.93. The summed E-state index contributed by atoms with van der Waals surface area (Å²) in [6.45, 7) is 13.2. The Kier molecular flexibility index (Phi) is 15.7. The van der Waals surface area contributed by atoms with Crippen LogP contribution in [0.1, 0.15) is 47.2 Å². The first-order valence-electron chi connectivity index (χ1n) is 22.7. The Morgan fingerprint density at radius 3 is 1.35 bits per heavy atom. The molecule has 0 aliphatic carbocycles. The van der Waals surface area contributed by atoms with Crippen LogP contribution in [0, 0.1) is 33.8 Å². The van der Waals surface area contributed by atoms with Gasteiger partial charge >= 0.3 is 37.9 Å². The van der Waals surface area contributed by atoms with Crippen molar-refractivity contribution in [3.05, 3.63) is 228 Å². The van der Waals surface area contributed by atoms with E-state index < -0.39 is 20.8 Å². The Morgan fingerprint density at radius 2 is 0.894 bits per heavy atom. The van der Waals surface area contributed by atoms with Gasteiger partial charge in [-0.1, -0.05) is 203 Å². The van der Waals surface area contributed by atoms with Crippen LogP contribution in [0.2, 0.25) is 0 Å². The Morgan fingerprint density at radius 1 is 0.470 bits per heavy atom. The zero-order valence-electron chi connectivity index (χ0n) is 38.6. The first-order chi connectivity index (χ1) is 32.2. The van der Waals surface area contributed by atoms with Gasteiger partial charge in [0.2, 0.25) is 0 Å². The Balaban J connectivity index is 0.000000136. The average Bonchev–Trinajstić information content (AvgIpc) is 4.07. The fourth-order valence-electron chi connectivity index (χ4n) is 9.48. The van der Waals surface area contributed by atoms with Gasteiger partial charge in [0.25, 0.3) is 0 Å². The number of halogens is 2. The van der Waals surface area contributed by atoms with E-state index in [9.17, 15) is 0 Å². The van der Waals surface area contributed by atoms with Gasteiger partial charge in [0, 0.05) is 0 Å². The fourth-order valence-corrected chi connectivity index (χ4v) is 10.8. The largest absolute Gasteiger partial charge is 0.184 e. The molecule has 2 radical (unpaired) electrons. The van der Waals surface area contributed by atoms with Crippen LogP contribution in [0.3, 0.4) is 0 Å². The summed E-state index contributed by atoms with van der Waals surface area (Å²) < 4.78 is 0. The molecule has 0 saturated carbocycles. The molecule has 4 heteroatoms. The van der Waals surface area contributed by atoms with Crippen molar-refractivity contribution in [1.82, 2.24) is 0 Å². The van der Waals surface area contributed by atoms with Gasteiger partial charge in [0.15, 0.2) is 0 Å². The topological polar surface area (TPSA) is 0 Å². The second kappa shape index (κ2) is 22.0. The summed E-state index contributed by atoms with van der Waals surface area (Å²) >= 11 is -0.826. The smallest absolute Gasteiger partial charge is 0.0920 e. The molecule has 11 rings (SSSR count). The monoisotopic (exact) mass is 985 g/mol. The van der Waals surface area contributed by atoms with Gasteiger partial charge < -0.3 is 0 Å². The van der Waals surface area contributed by atoms with Crippen molar-refractivity contribution in [3.63, 3.8) is 0 Å². The summed E-state index contributed by atoms with van der Waals surface area (Å²) in [4.78, 5) is 0. The second-order valence-electron chi connectivity index (χ2n) is 17.1. The van der Waals surface area contributed by atoms with Crippen LogP contribution in [0.5, 0.6) is 0 Å². The van der Waals surface area contributed by atoms with E-state index in [1.54, 1.807) is 0 Å². The molecule has 0 aromatic heterocycles. The number of rotatable bonds is 6. The van der Waals surface area contributed by atoms with E-state index in [1.807, 2.05) is 6.07 Å². The molecule has 0 nitrogen and oxygen atoms in total. The molecule has 326 valence electrons. The molecule has 0 bridgehead atoms. The molecule has 10 aromatic rings. The number of hydrogen-bond donors (Lipinski definition) is 0. The standard InChI is InChI=1S/2C25H23.C12H7Si.2ClH.Zr/c2*1-4-19-10-11-21-15-22(20-8-6-5-7-9-20)16-24(21)25(19)23-13-17(2)12-18(3)14-23;1-3-7-11-9(5-1)10-6-2-4-8-12(10)13-11;;;/h2*5-16H,4H2,1-3H3;1-7H;2*1H;/q3*-1;;;+2/p-2. The molecule has 1 heterocycles. The molecule has 0 N–H and O–H groups in total. The fraction of sp³-hybridized carbons (Fsp3) is 0.129. The number of hydrogen-bond acceptors (Lipinski definition) is 0. The first-order valence-corrected chi connectivity index (χ1v) is 30.1. The maximum absolute atomic E-state index is 4.93. The van der Waals surface area contributed by atoms with Crippen molar-refractivity contribution in [2.75, 3.05) is 0 Å². The Bertz CT molecular complexity index is 2970. The van der Waals surface area contributed by atoms with E-state index in [0.717, 1.165) is 22.4 Å². The quantitative estimate of drug-likeness (QED) is 0.115. The normalized spacial score (nSPS) is 11.1. The summed E-state index contributed by atoms with van der Waals surface area (Å²) in [5, 5.41) is 8.20. The van der Waals surface area contributed by atoms with E-state index in [-0.39, 0.29) is 0 Å². The third-order valence-corrected chi connectivity index (χ3v) is 13.7. The molecule has 66 heavy (non-hydrogen) atoms. The van der Waals surface area contributed by atoms with Gasteiger partial charge in [-0.25, -0.2) is 0 Å². The van der Waals surface area contributed by atoms with Gasteiger partial charge in [-0.15, -0.1) is 74.6 Å². The van der Waals surface area contributed by atoms with Crippen molar-refractivity contribution in [2.45, 2.75) is 54.4 Å². The molecule has 0 atom stereocenters. The molecule has 10 aromatic carbocycles. The van der Waals surface area contributed by atoms with Crippen molar-refractivity contribution < 1.29 is 20.8 Å². The van der Waals surface area contributed by atoms with E-state index in [0.29, 0.717) is 0 Å². The number of aryl methyl sites for hydroxylation is 6. The molecule has 0 unspecified atom stereocenters. The van der Waals surface area contributed by atoms with Gasteiger partial charge in [0.05, 0.1) is 9.52 Å². The molecule has 0 amide bonds. The zero-order valence-corrected chi connectivity index (χ0v) is 43.5. The van der Waals surface area contributed by atoms with Crippen LogP contribution in [0.25, 0.3) is 77.2 Å². The predicted molar refractivity (Wildman–Crippen MR) is 286 cm³/mol. The van der Waals surface area contributed by atoms with Crippen molar-refractivity contribution >= 4 is 58.5 Å². The summed E-state index contributed by atoms with van der Waals surface area (Å²) in [6.07, 6.45) is 2.09. The predicted octanol–water partition coefficient (Wildman–Crippen LogP) is 16.6. The Hall–Kier alpha value is -5.34. The SMILES string of the molecule is CCc1ccc2[cH-]c(-c3ccccc3)cc2c1-c1cc(C)cc(C)c1.CCc1ccc2[cH-]c(-c3ccccc3)cc2c1-c1cc(C)cc(C)c1.[Cl][Zr][Cl].[c-]1cccc2c1[Si]c1ccccc1-2. The van der Waals surface area contributed by atoms with E-state index in [4.69, 9.17) is 17.0 Å². The van der Waals surface area contributed by atoms with E-state index in [1.165, 1.54) is 121 Å². The average molecular weight is 988 g/mol. The van der Waals surface area contributed by atoms with Gasteiger partial charge in [-0.3, -0.25) is 0 Å². The molecular formula is C62H53Cl2SiZr-3.